The summed E-state index contributed by atoms with van der Waals surface area (Å²) >= 11 is 0. The first-order valence-electron chi connectivity index (χ1n) is 8.20. The molecule has 1 aromatic rings. The Balaban J connectivity index is 1.74. The Morgan fingerprint density at radius 2 is 2.09 bits per heavy atom. The summed E-state index contributed by atoms with van der Waals surface area (Å²) in [5.41, 5.74) is 0. The maximum atomic E-state index is 12.3. The van der Waals surface area contributed by atoms with E-state index in [2.05, 4.69) is 21.9 Å². The van der Waals surface area contributed by atoms with Gasteiger partial charge in [-0.25, -0.2) is 0 Å². The largest absolute Gasteiger partial charge is 0.363 e. The third kappa shape index (κ3) is 5.50. The second-order valence-corrected chi connectivity index (χ2v) is 5.85. The predicted octanol–water partition coefficient (Wildman–Crippen LogP) is 2.96. The minimum Gasteiger partial charge on any atom is -0.363 e. The van der Waals surface area contributed by atoms with Gasteiger partial charge in [0.15, 0.2) is 5.82 Å². The highest BCUT2D eigenvalue weighted by Gasteiger charge is 2.33. The number of anilines is 1. The van der Waals surface area contributed by atoms with E-state index in [1.54, 1.807) is 11.0 Å². The van der Waals surface area contributed by atoms with Crippen molar-refractivity contribution in [1.29, 1.82) is 0 Å². The molecule has 2 amide bonds. The summed E-state index contributed by atoms with van der Waals surface area (Å²) in [5.74, 6) is 0.252. The molecule has 1 aromatic heterocycles. The van der Waals surface area contributed by atoms with Crippen molar-refractivity contribution in [1.82, 2.24) is 10.1 Å². The summed E-state index contributed by atoms with van der Waals surface area (Å²) in [6.07, 6.45) is 9.53. The normalized spacial score (nSPS) is 13.9. The van der Waals surface area contributed by atoms with Crippen molar-refractivity contribution in [2.45, 2.75) is 64.3 Å². The summed E-state index contributed by atoms with van der Waals surface area (Å²) < 4.78 is 4.67. The number of hydrogen-bond donors (Lipinski definition) is 1. The highest BCUT2D eigenvalue weighted by Crippen LogP contribution is 2.27. The van der Waals surface area contributed by atoms with Crippen molar-refractivity contribution in [3.63, 3.8) is 0 Å². The molecule has 6 heteroatoms. The molecule has 1 heterocycles. The number of unbranched alkanes of at least 4 members (excludes halogenated alkanes) is 4. The lowest BCUT2D eigenvalue weighted by atomic mass is 10.1. The zero-order valence-corrected chi connectivity index (χ0v) is 13.2. The van der Waals surface area contributed by atoms with E-state index in [0.717, 1.165) is 25.7 Å². The van der Waals surface area contributed by atoms with Gasteiger partial charge >= 0.3 is 0 Å². The van der Waals surface area contributed by atoms with Crippen molar-refractivity contribution in [2.75, 3.05) is 11.9 Å². The van der Waals surface area contributed by atoms with Gasteiger partial charge in [0.1, 0.15) is 12.8 Å². The van der Waals surface area contributed by atoms with Gasteiger partial charge in [-0.3, -0.25) is 9.59 Å². The molecule has 0 unspecified atom stereocenters. The Morgan fingerprint density at radius 1 is 1.32 bits per heavy atom. The quantitative estimate of drug-likeness (QED) is 0.674. The van der Waals surface area contributed by atoms with Gasteiger partial charge in [-0.05, 0) is 19.3 Å². The summed E-state index contributed by atoms with van der Waals surface area (Å²) in [6, 6.07) is 1.82. The van der Waals surface area contributed by atoms with Crippen molar-refractivity contribution in [3.8, 4) is 0 Å². The molecule has 0 saturated heterocycles. The zero-order chi connectivity index (χ0) is 15.8. The Kier molecular flexibility index (Phi) is 6.43. The molecule has 6 nitrogen and oxygen atoms in total. The number of aromatic nitrogens is 1. The first-order valence-corrected chi connectivity index (χ1v) is 8.20. The predicted molar refractivity (Wildman–Crippen MR) is 83.2 cm³/mol. The summed E-state index contributed by atoms with van der Waals surface area (Å²) in [5, 5.41) is 6.27. The van der Waals surface area contributed by atoms with Crippen LogP contribution < -0.4 is 5.32 Å². The van der Waals surface area contributed by atoms with Gasteiger partial charge in [0.05, 0.1) is 0 Å². The first kappa shape index (κ1) is 16.5. The number of nitrogens with zero attached hydrogens (tertiary/aromatic N) is 2. The van der Waals surface area contributed by atoms with Crippen LogP contribution in [0.5, 0.6) is 0 Å². The molecule has 0 spiro atoms. The number of nitrogens with one attached hydrogen (secondary N) is 1. The molecule has 1 fully saturated rings. The van der Waals surface area contributed by atoms with E-state index in [9.17, 15) is 9.59 Å². The van der Waals surface area contributed by atoms with Gasteiger partial charge in [0.25, 0.3) is 0 Å². The summed E-state index contributed by atoms with van der Waals surface area (Å²) in [6.45, 7) is 2.28. The molecule has 0 bridgehead atoms. The molecular weight excluding hydrogens is 282 g/mol. The molecule has 22 heavy (non-hydrogen) atoms. The van der Waals surface area contributed by atoms with Gasteiger partial charge in [-0.2, -0.15) is 0 Å². The van der Waals surface area contributed by atoms with Crippen LogP contribution >= 0.6 is 0 Å². The molecular formula is C16H25N3O3. The van der Waals surface area contributed by atoms with E-state index in [0.29, 0.717) is 12.2 Å². The molecule has 122 valence electrons. The minimum atomic E-state index is -0.222. The van der Waals surface area contributed by atoms with Crippen molar-refractivity contribution >= 4 is 17.6 Å². The molecule has 0 atom stereocenters. The lowest BCUT2D eigenvalue weighted by Crippen LogP contribution is -2.39. The lowest BCUT2D eigenvalue weighted by Gasteiger charge is -2.21. The van der Waals surface area contributed by atoms with E-state index in [1.165, 1.54) is 25.5 Å². The molecule has 1 N–H and O–H groups in total. The molecule has 0 aliphatic heterocycles. The summed E-state index contributed by atoms with van der Waals surface area (Å²) in [4.78, 5) is 26.0. The van der Waals surface area contributed by atoms with Crippen LogP contribution in [0.25, 0.3) is 0 Å². The number of carbonyl (C=O) groups excluding carboxylic acids is 2. The Labute approximate surface area is 131 Å². The van der Waals surface area contributed by atoms with Crippen molar-refractivity contribution in [3.05, 3.63) is 12.3 Å². The zero-order valence-electron chi connectivity index (χ0n) is 13.2. The van der Waals surface area contributed by atoms with E-state index in [4.69, 9.17) is 0 Å². The Hall–Kier alpha value is -1.85. The van der Waals surface area contributed by atoms with Gasteiger partial charge < -0.3 is 14.7 Å². The number of carbonyl (C=O) groups is 2. The third-order valence-electron chi connectivity index (χ3n) is 3.82. The monoisotopic (exact) mass is 307 g/mol. The maximum Gasteiger partial charge on any atom is 0.245 e. The molecule has 2 rings (SSSR count). The highest BCUT2D eigenvalue weighted by molar-refractivity contribution is 5.93. The van der Waals surface area contributed by atoms with Crippen molar-refractivity contribution in [2.24, 2.45) is 0 Å². The van der Waals surface area contributed by atoms with Gasteiger partial charge in [-0.15, -0.1) is 0 Å². The fourth-order valence-electron chi connectivity index (χ4n) is 2.44. The van der Waals surface area contributed by atoms with E-state index < -0.39 is 0 Å². The van der Waals surface area contributed by atoms with Crippen molar-refractivity contribution < 1.29 is 14.1 Å². The van der Waals surface area contributed by atoms with Crippen LogP contribution in [-0.4, -0.2) is 34.5 Å². The molecule has 1 aliphatic rings. The smallest absolute Gasteiger partial charge is 0.245 e. The van der Waals surface area contributed by atoms with E-state index >= 15 is 0 Å². The van der Waals surface area contributed by atoms with Gasteiger partial charge in [0, 0.05) is 18.5 Å². The standard InChI is InChI=1S/C16H25N3O3/c1-2-3-4-5-6-7-16(21)19(13-8-9-13)12-15(20)17-14-10-11-22-18-14/h10-11,13H,2-9,12H2,1H3,(H,17,18,20). The Morgan fingerprint density at radius 3 is 2.73 bits per heavy atom. The number of rotatable bonds is 10. The topological polar surface area (TPSA) is 75.4 Å². The van der Waals surface area contributed by atoms with E-state index in [-0.39, 0.29) is 24.4 Å². The highest BCUT2D eigenvalue weighted by atomic mass is 16.5. The minimum absolute atomic E-state index is 0.0919. The molecule has 1 saturated carbocycles. The second-order valence-electron chi connectivity index (χ2n) is 5.85. The Bertz CT molecular complexity index is 469. The molecule has 1 aliphatic carbocycles. The van der Waals surface area contributed by atoms with E-state index in [1.807, 2.05) is 0 Å². The third-order valence-corrected chi connectivity index (χ3v) is 3.82. The van der Waals surface area contributed by atoms with Gasteiger partial charge in [-0.1, -0.05) is 37.8 Å². The SMILES string of the molecule is CCCCCCCC(=O)N(CC(=O)Nc1ccon1)C1CC1. The first-order chi connectivity index (χ1) is 10.7. The van der Waals surface area contributed by atoms with Crippen LogP contribution in [0.4, 0.5) is 5.82 Å². The van der Waals surface area contributed by atoms with Crippen LogP contribution in [0.15, 0.2) is 16.9 Å². The average Bonchev–Trinajstić information content (AvgIpc) is 3.22. The maximum absolute atomic E-state index is 12.3. The molecule has 0 aromatic carbocycles. The number of hydrogen-bond acceptors (Lipinski definition) is 4. The number of amides is 2. The second kappa shape index (κ2) is 8.56. The fourth-order valence-corrected chi connectivity index (χ4v) is 2.44. The van der Waals surface area contributed by atoms with Crippen LogP contribution in [-0.2, 0) is 9.59 Å². The van der Waals surface area contributed by atoms with Gasteiger partial charge in [0.2, 0.25) is 11.8 Å². The average molecular weight is 307 g/mol. The van der Waals surface area contributed by atoms with Crippen LogP contribution in [0, 0.1) is 0 Å². The van der Waals surface area contributed by atoms with Crippen LogP contribution in [0.3, 0.4) is 0 Å². The fraction of sp³-hybridized carbons (Fsp3) is 0.688. The summed E-state index contributed by atoms with van der Waals surface area (Å²) in [7, 11) is 0. The molecule has 0 radical (unpaired) electrons. The lowest BCUT2D eigenvalue weighted by molar-refractivity contribution is -0.135. The van der Waals surface area contributed by atoms with Crippen LogP contribution in [0.1, 0.15) is 58.3 Å². The van der Waals surface area contributed by atoms with Crippen LogP contribution in [0.2, 0.25) is 0 Å².